The van der Waals surface area contributed by atoms with Crippen LogP contribution in [0, 0.1) is 16.7 Å². The Morgan fingerprint density at radius 1 is 1.17 bits per heavy atom. The summed E-state index contributed by atoms with van der Waals surface area (Å²) in [5.74, 6) is 1.00. The molecule has 2 saturated carbocycles. The molecule has 2 aliphatic carbocycles. The highest BCUT2D eigenvalue weighted by Gasteiger charge is 2.54. The lowest BCUT2D eigenvalue weighted by Gasteiger charge is -2.27. The largest absolute Gasteiger partial charge is 0.176 e. The first-order valence-corrected chi connectivity index (χ1v) is 5.61. The van der Waals surface area contributed by atoms with Gasteiger partial charge in [-0.1, -0.05) is 20.8 Å². The third-order valence-electron chi connectivity index (χ3n) is 3.77. The summed E-state index contributed by atoms with van der Waals surface area (Å²) in [6, 6.07) is 0. The monoisotopic (exact) mass is 184 g/mol. The van der Waals surface area contributed by atoms with Gasteiger partial charge < -0.3 is 0 Å². The van der Waals surface area contributed by atoms with Gasteiger partial charge in [-0.3, -0.25) is 0 Å². The molecule has 2 aliphatic rings. The molecule has 2 fully saturated rings. The van der Waals surface area contributed by atoms with Gasteiger partial charge in [-0.2, -0.15) is 12.6 Å². The number of hydrogen-bond acceptors (Lipinski definition) is 1. The Hall–Kier alpha value is 0.350. The van der Waals surface area contributed by atoms with Crippen LogP contribution in [-0.2, 0) is 0 Å². The fourth-order valence-electron chi connectivity index (χ4n) is 3.30. The van der Waals surface area contributed by atoms with Gasteiger partial charge in [-0.05, 0) is 42.4 Å². The van der Waals surface area contributed by atoms with Gasteiger partial charge in [0.2, 0.25) is 0 Å². The second kappa shape index (κ2) is 2.43. The highest BCUT2D eigenvalue weighted by Crippen LogP contribution is 2.63. The van der Waals surface area contributed by atoms with Crippen molar-refractivity contribution in [2.75, 3.05) is 0 Å². The quantitative estimate of drug-likeness (QED) is 0.547. The van der Waals surface area contributed by atoms with Crippen LogP contribution in [0.25, 0.3) is 0 Å². The van der Waals surface area contributed by atoms with Crippen molar-refractivity contribution in [2.24, 2.45) is 16.7 Å². The zero-order valence-corrected chi connectivity index (χ0v) is 9.32. The molecule has 0 aliphatic heterocycles. The van der Waals surface area contributed by atoms with Gasteiger partial charge in [-0.15, -0.1) is 0 Å². The molecule has 0 bridgehead atoms. The summed E-state index contributed by atoms with van der Waals surface area (Å²) in [5, 5.41) is 0.661. The van der Waals surface area contributed by atoms with E-state index in [1.807, 2.05) is 0 Å². The van der Waals surface area contributed by atoms with Crippen LogP contribution in [0.2, 0.25) is 0 Å². The van der Waals surface area contributed by atoms with Gasteiger partial charge in [-0.25, -0.2) is 0 Å². The van der Waals surface area contributed by atoms with E-state index in [9.17, 15) is 0 Å². The van der Waals surface area contributed by atoms with Crippen LogP contribution >= 0.6 is 12.6 Å². The van der Waals surface area contributed by atoms with E-state index in [2.05, 4.69) is 33.4 Å². The smallest absolute Gasteiger partial charge is 0.00247 e. The van der Waals surface area contributed by atoms with Gasteiger partial charge in [0.05, 0.1) is 0 Å². The molecular weight excluding hydrogens is 164 g/mol. The van der Waals surface area contributed by atoms with E-state index >= 15 is 0 Å². The van der Waals surface area contributed by atoms with Crippen LogP contribution < -0.4 is 0 Å². The molecule has 2 rings (SSSR count). The molecule has 0 amide bonds. The van der Waals surface area contributed by atoms with Gasteiger partial charge in [0.25, 0.3) is 0 Å². The van der Waals surface area contributed by atoms with Crippen molar-refractivity contribution < 1.29 is 0 Å². The predicted molar refractivity (Wildman–Crippen MR) is 56.6 cm³/mol. The molecule has 0 N–H and O–H groups in total. The predicted octanol–water partition coefficient (Wildman–Crippen LogP) is 3.52. The number of fused-ring (bicyclic) bond motifs is 1. The lowest BCUT2D eigenvalue weighted by molar-refractivity contribution is 0.255. The average Bonchev–Trinajstić information content (AvgIpc) is 2.34. The molecule has 0 aromatic heterocycles. The molecule has 0 saturated heterocycles. The van der Waals surface area contributed by atoms with E-state index in [1.165, 1.54) is 25.7 Å². The van der Waals surface area contributed by atoms with E-state index < -0.39 is 0 Å². The minimum atomic E-state index is 0.534. The van der Waals surface area contributed by atoms with Gasteiger partial charge in [0.15, 0.2) is 0 Å². The molecule has 12 heavy (non-hydrogen) atoms. The van der Waals surface area contributed by atoms with Crippen molar-refractivity contribution in [3.63, 3.8) is 0 Å². The minimum absolute atomic E-state index is 0.534. The Morgan fingerprint density at radius 2 is 1.83 bits per heavy atom. The Morgan fingerprint density at radius 3 is 2.50 bits per heavy atom. The van der Waals surface area contributed by atoms with E-state index in [4.69, 9.17) is 0 Å². The fourth-order valence-corrected chi connectivity index (χ4v) is 4.05. The lowest BCUT2D eigenvalue weighted by Crippen LogP contribution is -2.18. The summed E-state index contributed by atoms with van der Waals surface area (Å²) >= 11 is 4.67. The van der Waals surface area contributed by atoms with Crippen molar-refractivity contribution in [2.45, 2.75) is 51.7 Å². The Labute approximate surface area is 81.5 Å². The minimum Gasteiger partial charge on any atom is -0.176 e. The molecule has 0 spiro atoms. The summed E-state index contributed by atoms with van der Waals surface area (Å²) in [7, 11) is 0. The molecule has 0 heterocycles. The third-order valence-corrected chi connectivity index (χ3v) is 4.16. The highest BCUT2D eigenvalue weighted by atomic mass is 32.1. The van der Waals surface area contributed by atoms with Gasteiger partial charge in [0, 0.05) is 5.25 Å². The lowest BCUT2D eigenvalue weighted by atomic mass is 9.79. The van der Waals surface area contributed by atoms with Crippen LogP contribution in [0.5, 0.6) is 0 Å². The summed E-state index contributed by atoms with van der Waals surface area (Å²) in [5.41, 5.74) is 1.23. The first-order chi connectivity index (χ1) is 5.41. The van der Waals surface area contributed by atoms with Crippen LogP contribution in [0.4, 0.5) is 0 Å². The van der Waals surface area contributed by atoms with E-state index in [-0.39, 0.29) is 0 Å². The summed E-state index contributed by atoms with van der Waals surface area (Å²) in [6.45, 7) is 7.27. The SMILES string of the molecule is CC1(C)CC(S)CC2CC2(C)C1. The molecule has 70 valence electrons. The first kappa shape index (κ1) is 8.93. The van der Waals surface area contributed by atoms with Crippen molar-refractivity contribution in [3.8, 4) is 0 Å². The number of rotatable bonds is 0. The van der Waals surface area contributed by atoms with E-state index in [0.29, 0.717) is 16.1 Å². The molecule has 3 atom stereocenters. The van der Waals surface area contributed by atoms with Crippen molar-refractivity contribution in [3.05, 3.63) is 0 Å². The maximum absolute atomic E-state index is 4.67. The third kappa shape index (κ3) is 1.53. The van der Waals surface area contributed by atoms with Crippen LogP contribution in [0.3, 0.4) is 0 Å². The second-order valence-electron chi connectivity index (χ2n) is 5.99. The molecule has 0 aromatic rings. The Balaban J connectivity index is 2.13. The zero-order valence-electron chi connectivity index (χ0n) is 8.43. The second-order valence-corrected chi connectivity index (χ2v) is 6.72. The molecular formula is C11H20S. The van der Waals surface area contributed by atoms with E-state index in [0.717, 1.165) is 5.92 Å². The normalized spacial score (nSPS) is 51.0. The molecule has 0 radical (unpaired) electrons. The Bertz CT molecular complexity index is 197. The van der Waals surface area contributed by atoms with E-state index in [1.54, 1.807) is 0 Å². The average molecular weight is 184 g/mol. The Kier molecular flexibility index (Phi) is 1.81. The number of thiol groups is 1. The topological polar surface area (TPSA) is 0 Å². The standard InChI is InChI=1S/C11H20S/c1-10(2)6-9(12)4-8-5-11(8,3)7-10/h8-9,12H,4-7H2,1-3H3. The summed E-state index contributed by atoms with van der Waals surface area (Å²) in [4.78, 5) is 0. The number of hydrogen-bond donors (Lipinski definition) is 1. The van der Waals surface area contributed by atoms with Crippen LogP contribution in [0.15, 0.2) is 0 Å². The van der Waals surface area contributed by atoms with Crippen LogP contribution in [-0.4, -0.2) is 5.25 Å². The zero-order chi connectivity index (χ0) is 8.98. The maximum atomic E-state index is 4.67. The summed E-state index contributed by atoms with van der Waals surface area (Å²) in [6.07, 6.45) is 5.56. The fraction of sp³-hybridized carbons (Fsp3) is 1.00. The highest BCUT2D eigenvalue weighted by molar-refractivity contribution is 7.80. The molecule has 3 unspecified atom stereocenters. The molecule has 1 heteroatoms. The summed E-state index contributed by atoms with van der Waals surface area (Å²) < 4.78 is 0. The van der Waals surface area contributed by atoms with Gasteiger partial charge in [0.1, 0.15) is 0 Å². The molecule has 0 aromatic carbocycles. The van der Waals surface area contributed by atoms with Crippen LogP contribution in [0.1, 0.15) is 46.5 Å². The molecule has 0 nitrogen and oxygen atoms in total. The van der Waals surface area contributed by atoms with Crippen molar-refractivity contribution in [1.82, 2.24) is 0 Å². The van der Waals surface area contributed by atoms with Crippen molar-refractivity contribution in [1.29, 1.82) is 0 Å². The first-order valence-electron chi connectivity index (χ1n) is 5.09. The van der Waals surface area contributed by atoms with Gasteiger partial charge >= 0.3 is 0 Å². The van der Waals surface area contributed by atoms with Crippen molar-refractivity contribution >= 4 is 12.6 Å². The maximum Gasteiger partial charge on any atom is 0.00247 e.